The number of carbonyl (C=O) groups excluding carboxylic acids is 1. The van der Waals surface area contributed by atoms with Gasteiger partial charge in [0.25, 0.3) is 5.82 Å². The quantitative estimate of drug-likeness (QED) is 0.672. The lowest BCUT2D eigenvalue weighted by atomic mass is 10.4. The van der Waals surface area contributed by atoms with E-state index in [1.54, 1.807) is 4.68 Å². The van der Waals surface area contributed by atoms with Crippen molar-refractivity contribution in [2.24, 2.45) is 0 Å². The van der Waals surface area contributed by atoms with Crippen LogP contribution in [0.2, 0.25) is 0 Å². The zero-order valence-corrected chi connectivity index (χ0v) is 9.14. The monoisotopic (exact) mass is 213 g/mol. The van der Waals surface area contributed by atoms with Crippen LogP contribution in [0.1, 0.15) is 30.5 Å². The molecule has 6 nitrogen and oxygen atoms in total. The van der Waals surface area contributed by atoms with E-state index in [2.05, 4.69) is 14.8 Å². The highest BCUT2D eigenvalue weighted by Gasteiger charge is 2.13. The second kappa shape index (κ2) is 5.45. The summed E-state index contributed by atoms with van der Waals surface area (Å²) in [5.74, 6) is -0.460. The highest BCUT2D eigenvalue weighted by atomic mass is 16.5. The summed E-state index contributed by atoms with van der Waals surface area (Å²) in [5.41, 5.74) is 0. The molecule has 0 N–H and O–H groups in total. The number of nitrogens with zero attached hydrogens (tertiary/aromatic N) is 3. The van der Waals surface area contributed by atoms with E-state index in [-0.39, 0.29) is 11.9 Å². The van der Waals surface area contributed by atoms with Crippen LogP contribution in [0.15, 0.2) is 6.33 Å². The van der Waals surface area contributed by atoms with Crippen molar-refractivity contribution in [2.75, 3.05) is 20.3 Å². The van der Waals surface area contributed by atoms with Crippen LogP contribution in [0.3, 0.4) is 0 Å². The Balaban J connectivity index is 2.62. The van der Waals surface area contributed by atoms with E-state index in [9.17, 15) is 4.79 Å². The molecule has 0 amide bonds. The van der Waals surface area contributed by atoms with Gasteiger partial charge in [0.1, 0.15) is 6.33 Å². The molecule has 1 rings (SSSR count). The van der Waals surface area contributed by atoms with E-state index in [0.29, 0.717) is 13.2 Å². The highest BCUT2D eigenvalue weighted by molar-refractivity contribution is 5.84. The summed E-state index contributed by atoms with van der Waals surface area (Å²) in [5, 5.41) is 3.98. The van der Waals surface area contributed by atoms with Crippen LogP contribution < -0.4 is 0 Å². The van der Waals surface area contributed by atoms with Gasteiger partial charge in [-0.15, -0.1) is 5.10 Å². The number of methoxy groups -OCH3 is 1. The number of aromatic nitrogens is 3. The summed E-state index contributed by atoms with van der Waals surface area (Å²) in [6.07, 6.45) is 1.50. The lowest BCUT2D eigenvalue weighted by molar-refractivity contribution is 0.0585. The van der Waals surface area contributed by atoms with Gasteiger partial charge in [0.2, 0.25) is 0 Å². The Morgan fingerprint density at radius 3 is 3.00 bits per heavy atom. The normalized spacial score (nSPS) is 12.5. The Morgan fingerprint density at radius 2 is 2.40 bits per heavy atom. The first-order chi connectivity index (χ1) is 7.19. The fraction of sp³-hybridized carbons (Fsp3) is 0.667. The fourth-order valence-electron chi connectivity index (χ4n) is 1.04. The van der Waals surface area contributed by atoms with Crippen LogP contribution in [0.5, 0.6) is 0 Å². The van der Waals surface area contributed by atoms with Crippen molar-refractivity contribution in [3.05, 3.63) is 12.2 Å². The van der Waals surface area contributed by atoms with Crippen molar-refractivity contribution >= 4 is 5.97 Å². The molecular formula is C9H15N3O3. The average molecular weight is 213 g/mol. The summed E-state index contributed by atoms with van der Waals surface area (Å²) >= 11 is 0. The lowest BCUT2D eigenvalue weighted by Crippen LogP contribution is -2.14. The van der Waals surface area contributed by atoms with Crippen LogP contribution >= 0.6 is 0 Å². The second-order valence-corrected chi connectivity index (χ2v) is 3.05. The molecular weight excluding hydrogens is 198 g/mol. The molecule has 0 aliphatic heterocycles. The SMILES string of the molecule is CCOCC(C)n1cnc(C(=O)OC)n1. The molecule has 1 aromatic rings. The molecule has 0 aliphatic carbocycles. The molecule has 0 aliphatic rings. The zero-order valence-electron chi connectivity index (χ0n) is 9.14. The van der Waals surface area contributed by atoms with E-state index < -0.39 is 5.97 Å². The molecule has 0 fully saturated rings. The lowest BCUT2D eigenvalue weighted by Gasteiger charge is -2.10. The first-order valence-corrected chi connectivity index (χ1v) is 4.76. The van der Waals surface area contributed by atoms with Gasteiger partial charge in [-0.3, -0.25) is 0 Å². The highest BCUT2D eigenvalue weighted by Crippen LogP contribution is 2.04. The molecule has 0 spiro atoms. The van der Waals surface area contributed by atoms with Crippen molar-refractivity contribution in [1.82, 2.24) is 14.8 Å². The van der Waals surface area contributed by atoms with Crippen molar-refractivity contribution in [2.45, 2.75) is 19.9 Å². The van der Waals surface area contributed by atoms with Crippen molar-refractivity contribution < 1.29 is 14.3 Å². The van der Waals surface area contributed by atoms with E-state index >= 15 is 0 Å². The van der Waals surface area contributed by atoms with E-state index in [1.165, 1.54) is 13.4 Å². The van der Waals surface area contributed by atoms with Gasteiger partial charge in [-0.2, -0.15) is 0 Å². The minimum Gasteiger partial charge on any atom is -0.463 e. The van der Waals surface area contributed by atoms with Crippen LogP contribution in [-0.4, -0.2) is 41.1 Å². The smallest absolute Gasteiger partial charge is 0.377 e. The molecule has 1 atom stereocenters. The second-order valence-electron chi connectivity index (χ2n) is 3.05. The standard InChI is InChI=1S/C9H15N3O3/c1-4-15-5-7(2)12-6-10-8(11-12)9(13)14-3/h6-7H,4-5H2,1-3H3. The topological polar surface area (TPSA) is 66.2 Å². The molecule has 1 unspecified atom stereocenters. The Labute approximate surface area is 88.2 Å². The van der Waals surface area contributed by atoms with E-state index in [1.807, 2.05) is 13.8 Å². The summed E-state index contributed by atoms with van der Waals surface area (Å²) in [6.45, 7) is 5.06. The third-order valence-electron chi connectivity index (χ3n) is 1.89. The van der Waals surface area contributed by atoms with Gasteiger partial charge < -0.3 is 9.47 Å². The Bertz CT molecular complexity index is 324. The predicted molar refractivity (Wildman–Crippen MR) is 52.6 cm³/mol. The first-order valence-electron chi connectivity index (χ1n) is 4.76. The molecule has 0 aromatic carbocycles. The molecule has 1 heterocycles. The van der Waals surface area contributed by atoms with Gasteiger partial charge in [0, 0.05) is 6.61 Å². The van der Waals surface area contributed by atoms with Crippen LogP contribution in [0.25, 0.3) is 0 Å². The van der Waals surface area contributed by atoms with Crippen LogP contribution in [0, 0.1) is 0 Å². The summed E-state index contributed by atoms with van der Waals surface area (Å²) in [4.78, 5) is 14.9. The van der Waals surface area contributed by atoms with Crippen LogP contribution in [-0.2, 0) is 9.47 Å². The van der Waals surface area contributed by atoms with Crippen molar-refractivity contribution in [3.63, 3.8) is 0 Å². The van der Waals surface area contributed by atoms with Gasteiger partial charge in [-0.25, -0.2) is 14.5 Å². The number of hydrogen-bond acceptors (Lipinski definition) is 5. The maximum atomic E-state index is 11.1. The zero-order chi connectivity index (χ0) is 11.3. The van der Waals surface area contributed by atoms with E-state index in [0.717, 1.165) is 0 Å². The average Bonchev–Trinajstić information content (AvgIpc) is 2.74. The molecule has 15 heavy (non-hydrogen) atoms. The number of hydrogen-bond donors (Lipinski definition) is 0. The van der Waals surface area contributed by atoms with E-state index in [4.69, 9.17) is 4.74 Å². The molecule has 84 valence electrons. The number of esters is 1. The summed E-state index contributed by atoms with van der Waals surface area (Å²) < 4.78 is 11.3. The minimum absolute atomic E-state index is 0.0517. The minimum atomic E-state index is -0.530. The Morgan fingerprint density at radius 1 is 1.67 bits per heavy atom. The summed E-state index contributed by atoms with van der Waals surface area (Å²) in [6, 6.07) is 0.0517. The molecule has 6 heteroatoms. The molecule has 0 bridgehead atoms. The third-order valence-corrected chi connectivity index (χ3v) is 1.89. The van der Waals surface area contributed by atoms with Gasteiger partial charge >= 0.3 is 5.97 Å². The number of carbonyl (C=O) groups is 1. The van der Waals surface area contributed by atoms with Crippen molar-refractivity contribution in [3.8, 4) is 0 Å². The fourth-order valence-corrected chi connectivity index (χ4v) is 1.04. The Kier molecular flexibility index (Phi) is 4.23. The maximum absolute atomic E-state index is 11.1. The molecule has 1 aromatic heterocycles. The van der Waals surface area contributed by atoms with Gasteiger partial charge in [0.05, 0.1) is 19.8 Å². The third kappa shape index (κ3) is 3.02. The van der Waals surface area contributed by atoms with Crippen molar-refractivity contribution in [1.29, 1.82) is 0 Å². The van der Waals surface area contributed by atoms with Gasteiger partial charge in [0.15, 0.2) is 0 Å². The van der Waals surface area contributed by atoms with Crippen LogP contribution in [0.4, 0.5) is 0 Å². The molecule has 0 radical (unpaired) electrons. The largest absolute Gasteiger partial charge is 0.463 e. The molecule has 0 saturated carbocycles. The van der Waals surface area contributed by atoms with Gasteiger partial charge in [-0.1, -0.05) is 0 Å². The Hall–Kier alpha value is -1.43. The number of rotatable bonds is 5. The number of ether oxygens (including phenoxy) is 2. The maximum Gasteiger partial charge on any atom is 0.377 e. The predicted octanol–water partition coefficient (Wildman–Crippen LogP) is 0.662. The first kappa shape index (κ1) is 11.6. The van der Waals surface area contributed by atoms with Gasteiger partial charge in [-0.05, 0) is 13.8 Å². The molecule has 0 saturated heterocycles. The summed E-state index contributed by atoms with van der Waals surface area (Å²) in [7, 11) is 1.30.